The molecule has 1 saturated carbocycles. The molecule has 0 N–H and O–H groups in total. The van der Waals surface area contributed by atoms with Gasteiger partial charge in [0.05, 0.1) is 19.3 Å². The first kappa shape index (κ1) is 20.9. The van der Waals surface area contributed by atoms with Gasteiger partial charge >= 0.3 is 7.12 Å². The van der Waals surface area contributed by atoms with Crippen LogP contribution in [0.4, 0.5) is 0 Å². The first-order valence-corrected chi connectivity index (χ1v) is 13.7. The fourth-order valence-electron chi connectivity index (χ4n) is 5.01. The topological polar surface area (TPSA) is 18.5 Å². The van der Waals surface area contributed by atoms with Crippen molar-refractivity contribution in [2.45, 2.75) is 89.6 Å². The Hall–Kier alpha value is -0.838. The zero-order chi connectivity index (χ0) is 19.9. The second-order valence-corrected chi connectivity index (χ2v) is 14.8. The number of benzene rings is 1. The van der Waals surface area contributed by atoms with Crippen molar-refractivity contribution >= 4 is 20.4 Å². The number of allylic oxidation sites excluding steroid dienone is 1. The molecule has 1 aromatic carbocycles. The van der Waals surface area contributed by atoms with Gasteiger partial charge in [-0.25, -0.2) is 0 Å². The molecule has 1 aromatic rings. The van der Waals surface area contributed by atoms with E-state index >= 15 is 0 Å². The summed E-state index contributed by atoms with van der Waals surface area (Å²) in [7, 11) is -2.07. The lowest BCUT2D eigenvalue weighted by Crippen LogP contribution is -2.51. The highest BCUT2D eigenvalue weighted by Crippen LogP contribution is 2.47. The van der Waals surface area contributed by atoms with E-state index in [-0.39, 0.29) is 18.3 Å². The third-order valence-corrected chi connectivity index (χ3v) is 11.6. The van der Waals surface area contributed by atoms with Crippen LogP contribution in [0.25, 0.3) is 0 Å². The van der Waals surface area contributed by atoms with Gasteiger partial charge in [0, 0.05) is 0 Å². The van der Waals surface area contributed by atoms with E-state index in [4.69, 9.17) is 9.31 Å². The Morgan fingerprint density at radius 1 is 1.00 bits per heavy atom. The molecule has 0 radical (unpaired) electrons. The molecule has 27 heavy (non-hydrogen) atoms. The molecule has 1 aliphatic heterocycles. The second kappa shape index (κ2) is 7.53. The molecule has 3 rings (SSSR count). The van der Waals surface area contributed by atoms with Crippen molar-refractivity contribution < 1.29 is 9.31 Å². The Kier molecular flexibility index (Phi) is 5.83. The minimum absolute atomic E-state index is 0.294. The Morgan fingerprint density at radius 2 is 1.52 bits per heavy atom. The molecule has 148 valence electrons. The lowest BCUT2D eigenvalue weighted by molar-refractivity contribution is 0.00578. The number of hydrogen-bond donors (Lipinski definition) is 0. The maximum atomic E-state index is 6.43. The summed E-state index contributed by atoms with van der Waals surface area (Å²) in [6, 6.07) is 11.1. The monoisotopic (exact) mass is 384 g/mol. The Morgan fingerprint density at radius 3 is 2.04 bits per heavy atom. The predicted molar refractivity (Wildman–Crippen MR) is 119 cm³/mol. The van der Waals surface area contributed by atoms with Crippen LogP contribution in [0, 0.1) is 5.92 Å². The van der Waals surface area contributed by atoms with Gasteiger partial charge in [-0.2, -0.15) is 0 Å². The molecule has 2 fully saturated rings. The van der Waals surface area contributed by atoms with Crippen molar-refractivity contribution in [3.05, 3.63) is 42.4 Å². The van der Waals surface area contributed by atoms with Crippen LogP contribution in [-0.2, 0) is 9.31 Å². The van der Waals surface area contributed by atoms with Gasteiger partial charge in [0.25, 0.3) is 0 Å². The highest BCUT2D eigenvalue weighted by molar-refractivity contribution is 6.92. The summed E-state index contributed by atoms with van der Waals surface area (Å²) >= 11 is 0. The average molecular weight is 384 g/mol. The summed E-state index contributed by atoms with van der Waals surface area (Å²) in [6.45, 7) is 18.2. The molecule has 2 nitrogen and oxygen atoms in total. The molecule has 2 aliphatic rings. The fraction of sp³-hybridized carbons (Fsp3) is 0.652. The molecular weight excluding hydrogens is 347 g/mol. The quantitative estimate of drug-likeness (QED) is 0.603. The lowest BCUT2D eigenvalue weighted by Gasteiger charge is -2.42. The van der Waals surface area contributed by atoms with E-state index in [1.807, 2.05) is 0 Å². The summed E-state index contributed by atoms with van der Waals surface area (Å²) in [5.41, 5.74) is 1.04. The van der Waals surface area contributed by atoms with Crippen LogP contribution in [0.2, 0.25) is 18.6 Å². The van der Waals surface area contributed by atoms with Crippen molar-refractivity contribution in [3.8, 4) is 0 Å². The third-order valence-electron chi connectivity index (χ3n) is 7.37. The van der Waals surface area contributed by atoms with Crippen molar-refractivity contribution in [1.82, 2.24) is 0 Å². The minimum Gasteiger partial charge on any atom is -0.400 e. The smallest absolute Gasteiger partial charge is 0.400 e. The van der Waals surface area contributed by atoms with Crippen molar-refractivity contribution in [1.29, 1.82) is 0 Å². The van der Waals surface area contributed by atoms with Crippen LogP contribution in [0.15, 0.2) is 42.4 Å². The molecule has 4 heteroatoms. The van der Waals surface area contributed by atoms with Crippen molar-refractivity contribution in [2.75, 3.05) is 0 Å². The van der Waals surface area contributed by atoms with E-state index < -0.39 is 8.07 Å². The molecular formula is C23H37BO2Si. The molecule has 0 unspecified atom stereocenters. The zero-order valence-electron chi connectivity index (χ0n) is 18.2. The van der Waals surface area contributed by atoms with E-state index in [1.54, 1.807) is 0 Å². The largest absolute Gasteiger partial charge is 0.489 e. The van der Waals surface area contributed by atoms with Crippen LogP contribution in [-0.4, -0.2) is 26.4 Å². The van der Waals surface area contributed by atoms with Gasteiger partial charge in [-0.15, -0.1) is 6.58 Å². The van der Waals surface area contributed by atoms with Crippen LogP contribution < -0.4 is 5.19 Å². The number of rotatable bonds is 5. The molecule has 1 saturated heterocycles. The molecule has 1 atom stereocenters. The van der Waals surface area contributed by atoms with Crippen LogP contribution in [0.3, 0.4) is 0 Å². The van der Waals surface area contributed by atoms with E-state index in [2.05, 4.69) is 77.7 Å². The summed E-state index contributed by atoms with van der Waals surface area (Å²) in [5.74, 6) is 0.701. The van der Waals surface area contributed by atoms with Gasteiger partial charge in [-0.1, -0.05) is 80.7 Å². The normalized spacial score (nSPS) is 24.0. The standard InChI is InChI=1S/C23H37BO2Si/c1-18(24-25-22(2,3)23(4,5)26-24)21(19-14-10-8-11-15-19)27(6,7)20-16-12-9-13-17-20/h9,12-13,16-17,19,21H,1,8,10-11,14-15H2,2-7H3/t21-/m1/s1. The SMILES string of the molecule is C=C(B1OC(C)(C)C(C)(C)O1)[C@H](C1CCCCC1)[Si](C)(C)c1ccccc1. The molecule has 0 aromatic heterocycles. The molecule has 0 spiro atoms. The van der Waals surface area contributed by atoms with Gasteiger partial charge in [-0.05, 0) is 44.6 Å². The minimum atomic E-state index is -1.78. The van der Waals surface area contributed by atoms with Gasteiger partial charge in [-0.3, -0.25) is 0 Å². The average Bonchev–Trinajstić information content (AvgIpc) is 2.84. The Balaban J connectivity index is 1.94. The molecule has 1 heterocycles. The highest BCUT2D eigenvalue weighted by Gasteiger charge is 2.55. The summed E-state index contributed by atoms with van der Waals surface area (Å²) in [4.78, 5) is 0. The molecule has 0 amide bonds. The number of hydrogen-bond acceptors (Lipinski definition) is 2. The second-order valence-electron chi connectivity index (χ2n) is 10.1. The predicted octanol–water partition coefficient (Wildman–Crippen LogP) is 5.74. The van der Waals surface area contributed by atoms with Crippen LogP contribution in [0.5, 0.6) is 0 Å². The van der Waals surface area contributed by atoms with Crippen LogP contribution >= 0.6 is 0 Å². The molecule has 0 bridgehead atoms. The fourth-order valence-corrected chi connectivity index (χ4v) is 9.00. The van der Waals surface area contributed by atoms with Gasteiger partial charge in [0.2, 0.25) is 0 Å². The van der Waals surface area contributed by atoms with Crippen molar-refractivity contribution in [2.24, 2.45) is 5.92 Å². The Bertz CT molecular complexity index is 646. The maximum absolute atomic E-state index is 6.43. The van der Waals surface area contributed by atoms with E-state index in [1.165, 1.54) is 42.8 Å². The highest BCUT2D eigenvalue weighted by atomic mass is 28.3. The van der Waals surface area contributed by atoms with Gasteiger partial charge < -0.3 is 9.31 Å². The molecule has 1 aliphatic carbocycles. The van der Waals surface area contributed by atoms with E-state index in [0.717, 1.165) is 0 Å². The maximum Gasteiger partial charge on any atom is 0.489 e. The van der Waals surface area contributed by atoms with E-state index in [9.17, 15) is 0 Å². The summed E-state index contributed by atoms with van der Waals surface area (Å²) < 4.78 is 12.9. The van der Waals surface area contributed by atoms with E-state index in [0.29, 0.717) is 11.5 Å². The zero-order valence-corrected chi connectivity index (χ0v) is 19.2. The lowest BCUT2D eigenvalue weighted by atomic mass is 9.71. The van der Waals surface area contributed by atoms with Crippen molar-refractivity contribution in [3.63, 3.8) is 0 Å². The van der Waals surface area contributed by atoms with Crippen LogP contribution in [0.1, 0.15) is 59.8 Å². The summed E-state index contributed by atoms with van der Waals surface area (Å²) in [5, 5.41) is 1.51. The third kappa shape index (κ3) is 3.99. The first-order valence-electron chi connectivity index (χ1n) is 10.7. The first-order chi connectivity index (χ1) is 12.6. The summed E-state index contributed by atoms with van der Waals surface area (Å²) in [6.07, 6.45) is 6.69. The van der Waals surface area contributed by atoms with Gasteiger partial charge in [0.1, 0.15) is 0 Å². The Labute approximate surface area is 167 Å². The van der Waals surface area contributed by atoms with Gasteiger partial charge in [0.15, 0.2) is 0 Å².